The summed E-state index contributed by atoms with van der Waals surface area (Å²) in [5.41, 5.74) is 1.76. The van der Waals surface area contributed by atoms with Gasteiger partial charge >= 0.3 is 0 Å². The fourth-order valence-corrected chi connectivity index (χ4v) is 5.84. The zero-order chi connectivity index (χ0) is 22.7. The molecule has 0 aliphatic heterocycles. The summed E-state index contributed by atoms with van der Waals surface area (Å²) in [7, 11) is 0. The second-order valence-electron chi connectivity index (χ2n) is 6.85. The van der Waals surface area contributed by atoms with E-state index in [4.69, 9.17) is 10.2 Å². The molecule has 6 nitrogen and oxygen atoms in total. The molecule has 0 bridgehead atoms. The van der Waals surface area contributed by atoms with Gasteiger partial charge in [0.2, 0.25) is 5.91 Å². The maximum Gasteiger partial charge on any atom is 0.263 e. The molecule has 1 unspecified atom stereocenters. The first kappa shape index (κ1) is 22.0. The molecule has 32 heavy (non-hydrogen) atoms. The first-order chi connectivity index (χ1) is 15.5. The van der Waals surface area contributed by atoms with Crippen LogP contribution in [0, 0.1) is 11.3 Å². The summed E-state index contributed by atoms with van der Waals surface area (Å²) in [6.45, 7) is 5.82. The summed E-state index contributed by atoms with van der Waals surface area (Å²) in [5, 5.41) is 16.3. The Morgan fingerprint density at radius 1 is 1.38 bits per heavy atom. The Morgan fingerprint density at radius 3 is 2.94 bits per heavy atom. The SMILES string of the molecule is C=CCn1c(SC(C)C(=O)Nc2cccc(C#N)c2)nc2scc(-c3cccs3)c2c1=O. The smallest absolute Gasteiger partial charge is 0.263 e. The molecule has 0 spiro atoms. The first-order valence-electron chi connectivity index (χ1n) is 9.66. The topological polar surface area (TPSA) is 87.8 Å². The summed E-state index contributed by atoms with van der Waals surface area (Å²) in [6, 6.07) is 12.7. The fourth-order valence-electron chi connectivity index (χ4n) is 3.12. The standard InChI is InChI=1S/C23H18N4O2S3/c1-3-9-27-22(29)19-17(18-8-5-10-30-18)13-31-21(19)26-23(27)32-14(2)20(28)25-16-7-4-6-15(11-16)12-24/h3-8,10-11,13-14H,1,9H2,2H3,(H,25,28). The molecular formula is C23H18N4O2S3. The van der Waals surface area contributed by atoms with E-state index >= 15 is 0 Å². The van der Waals surface area contributed by atoms with Crippen LogP contribution in [-0.4, -0.2) is 20.7 Å². The highest BCUT2D eigenvalue weighted by molar-refractivity contribution is 8.00. The van der Waals surface area contributed by atoms with Gasteiger partial charge in [-0.3, -0.25) is 14.2 Å². The number of nitrogens with zero attached hydrogens (tertiary/aromatic N) is 3. The second kappa shape index (κ2) is 9.53. The second-order valence-corrected chi connectivity index (χ2v) is 9.96. The van der Waals surface area contributed by atoms with Crippen LogP contribution < -0.4 is 10.9 Å². The molecule has 3 heterocycles. The molecule has 9 heteroatoms. The van der Waals surface area contributed by atoms with Gasteiger partial charge in [-0.1, -0.05) is 30.0 Å². The number of hydrogen-bond donors (Lipinski definition) is 1. The predicted octanol–water partition coefficient (Wildman–Crippen LogP) is 5.36. The normalized spacial score (nSPS) is 11.8. The van der Waals surface area contributed by atoms with E-state index in [-0.39, 0.29) is 11.5 Å². The van der Waals surface area contributed by atoms with Crippen LogP contribution in [0.3, 0.4) is 0 Å². The van der Waals surface area contributed by atoms with Crippen LogP contribution in [0.5, 0.6) is 0 Å². The van der Waals surface area contributed by atoms with Crippen LogP contribution >= 0.6 is 34.4 Å². The molecule has 0 saturated carbocycles. The van der Waals surface area contributed by atoms with E-state index < -0.39 is 5.25 Å². The molecule has 4 aromatic rings. The van der Waals surface area contributed by atoms with Crippen LogP contribution in [0.25, 0.3) is 20.7 Å². The Balaban J connectivity index is 1.65. The number of anilines is 1. The molecular weight excluding hydrogens is 460 g/mol. The van der Waals surface area contributed by atoms with Gasteiger partial charge < -0.3 is 5.32 Å². The molecule has 0 aliphatic carbocycles. The number of carbonyl (C=O) groups is 1. The average Bonchev–Trinajstić information content (AvgIpc) is 3.46. The minimum absolute atomic E-state index is 0.142. The third-order valence-corrected chi connectivity index (χ3v) is 7.53. The molecule has 3 aromatic heterocycles. The molecule has 160 valence electrons. The maximum absolute atomic E-state index is 13.4. The molecule has 0 radical (unpaired) electrons. The van der Waals surface area contributed by atoms with Gasteiger partial charge in [-0.15, -0.1) is 29.3 Å². The molecule has 4 rings (SSSR count). The van der Waals surface area contributed by atoms with Gasteiger partial charge in [0.25, 0.3) is 5.56 Å². The third-order valence-electron chi connectivity index (χ3n) is 4.67. The van der Waals surface area contributed by atoms with Crippen molar-refractivity contribution in [1.29, 1.82) is 5.26 Å². The number of nitriles is 1. The lowest BCUT2D eigenvalue weighted by Gasteiger charge is -2.15. The van der Waals surface area contributed by atoms with Crippen LogP contribution in [0.1, 0.15) is 12.5 Å². The number of benzene rings is 1. The number of allylic oxidation sites excluding steroid dienone is 1. The number of nitrogens with one attached hydrogen (secondary N) is 1. The van der Waals surface area contributed by atoms with Crippen molar-refractivity contribution in [3.05, 3.63) is 75.7 Å². The summed E-state index contributed by atoms with van der Waals surface area (Å²) < 4.78 is 1.56. The van der Waals surface area contributed by atoms with Gasteiger partial charge in [0.05, 0.1) is 22.3 Å². The monoisotopic (exact) mass is 478 g/mol. The number of hydrogen-bond acceptors (Lipinski definition) is 7. The molecule has 1 amide bonds. The van der Waals surface area contributed by atoms with E-state index in [0.29, 0.717) is 33.2 Å². The predicted molar refractivity (Wildman–Crippen MR) is 132 cm³/mol. The number of thioether (sulfide) groups is 1. The summed E-state index contributed by atoms with van der Waals surface area (Å²) in [6.07, 6.45) is 1.65. The largest absolute Gasteiger partial charge is 0.325 e. The van der Waals surface area contributed by atoms with Gasteiger partial charge in [0, 0.05) is 28.1 Å². The van der Waals surface area contributed by atoms with Gasteiger partial charge in [0.1, 0.15) is 4.83 Å². The van der Waals surface area contributed by atoms with Crippen LogP contribution in [0.2, 0.25) is 0 Å². The minimum atomic E-state index is -0.516. The number of carbonyl (C=O) groups excluding carboxylic acids is 1. The quantitative estimate of drug-likeness (QED) is 0.219. The molecule has 1 atom stereocenters. The number of aromatic nitrogens is 2. The van der Waals surface area contributed by atoms with Crippen molar-refractivity contribution < 1.29 is 4.79 Å². The summed E-state index contributed by atoms with van der Waals surface area (Å²) >= 11 is 4.22. The van der Waals surface area contributed by atoms with Gasteiger partial charge in [0.15, 0.2) is 5.16 Å². The zero-order valence-electron chi connectivity index (χ0n) is 17.1. The van der Waals surface area contributed by atoms with Crippen LogP contribution in [0.4, 0.5) is 5.69 Å². The molecule has 0 saturated heterocycles. The van der Waals surface area contributed by atoms with E-state index in [1.165, 1.54) is 23.1 Å². The number of amides is 1. The summed E-state index contributed by atoms with van der Waals surface area (Å²) in [5.74, 6) is -0.241. The van der Waals surface area contributed by atoms with Crippen molar-refractivity contribution >= 4 is 56.2 Å². The van der Waals surface area contributed by atoms with Gasteiger partial charge in [-0.25, -0.2) is 4.98 Å². The van der Waals surface area contributed by atoms with E-state index in [0.717, 1.165) is 10.4 Å². The Kier molecular flexibility index (Phi) is 6.55. The van der Waals surface area contributed by atoms with Crippen molar-refractivity contribution in [2.24, 2.45) is 0 Å². The summed E-state index contributed by atoms with van der Waals surface area (Å²) in [4.78, 5) is 32.5. The van der Waals surface area contributed by atoms with Crippen LogP contribution in [0.15, 0.2) is 69.8 Å². The Labute approximate surface area is 196 Å². The highest BCUT2D eigenvalue weighted by atomic mass is 32.2. The lowest BCUT2D eigenvalue weighted by molar-refractivity contribution is -0.115. The molecule has 1 N–H and O–H groups in total. The van der Waals surface area contributed by atoms with Crippen molar-refractivity contribution in [1.82, 2.24) is 9.55 Å². The van der Waals surface area contributed by atoms with Crippen molar-refractivity contribution in [3.8, 4) is 16.5 Å². The van der Waals surface area contributed by atoms with E-state index in [1.807, 2.05) is 22.9 Å². The highest BCUT2D eigenvalue weighted by Gasteiger charge is 2.22. The minimum Gasteiger partial charge on any atom is -0.325 e. The Bertz CT molecular complexity index is 1400. The molecule has 0 fully saturated rings. The number of fused-ring (bicyclic) bond motifs is 1. The van der Waals surface area contributed by atoms with Crippen molar-refractivity contribution in [3.63, 3.8) is 0 Å². The zero-order valence-corrected chi connectivity index (χ0v) is 19.5. The Morgan fingerprint density at radius 2 is 2.22 bits per heavy atom. The lowest BCUT2D eigenvalue weighted by Crippen LogP contribution is -2.26. The van der Waals surface area contributed by atoms with Crippen LogP contribution in [-0.2, 0) is 11.3 Å². The van der Waals surface area contributed by atoms with Gasteiger partial charge in [-0.05, 0) is 36.6 Å². The first-order valence-corrected chi connectivity index (χ1v) is 12.3. The number of thiophene rings is 2. The van der Waals surface area contributed by atoms with Gasteiger partial charge in [-0.2, -0.15) is 5.26 Å². The lowest BCUT2D eigenvalue weighted by atomic mass is 10.2. The third kappa shape index (κ3) is 4.39. The fraction of sp³-hybridized carbons (Fsp3) is 0.130. The number of rotatable bonds is 7. The van der Waals surface area contributed by atoms with E-state index in [1.54, 1.807) is 53.2 Å². The van der Waals surface area contributed by atoms with E-state index in [2.05, 4.69) is 18.0 Å². The highest BCUT2D eigenvalue weighted by Crippen LogP contribution is 2.35. The Hall–Kier alpha value is -3.19. The average molecular weight is 479 g/mol. The maximum atomic E-state index is 13.4. The van der Waals surface area contributed by atoms with E-state index in [9.17, 15) is 9.59 Å². The van der Waals surface area contributed by atoms with Crippen molar-refractivity contribution in [2.75, 3.05) is 5.32 Å². The molecule has 0 aliphatic rings. The van der Waals surface area contributed by atoms with Crippen molar-refractivity contribution in [2.45, 2.75) is 23.9 Å². The molecule has 1 aromatic carbocycles.